The smallest absolute Gasteiger partial charge is 0.179 e. The third-order valence-corrected chi connectivity index (χ3v) is 14.4. The van der Waals surface area contributed by atoms with Crippen molar-refractivity contribution in [3.05, 3.63) is 187 Å². The van der Waals surface area contributed by atoms with Crippen LogP contribution in [0.2, 0.25) is 0 Å². The number of nitrogens with zero attached hydrogens (tertiary/aromatic N) is 4. The number of aromatic nitrogens is 1. The Morgan fingerprint density at radius 2 is 1.00 bits per heavy atom. The highest BCUT2D eigenvalue weighted by molar-refractivity contribution is 7.19. The maximum absolute atomic E-state index is 10.6. The van der Waals surface area contributed by atoms with Crippen molar-refractivity contribution in [3.63, 3.8) is 0 Å². The molecule has 0 N–H and O–H groups in total. The first-order valence-corrected chi connectivity index (χ1v) is 18.4. The first-order valence-electron chi connectivity index (χ1n) is 16.4. The van der Waals surface area contributed by atoms with Crippen molar-refractivity contribution in [2.75, 3.05) is 0 Å². The Labute approximate surface area is 291 Å². The van der Waals surface area contributed by atoms with Crippen molar-refractivity contribution < 1.29 is 0 Å². The molecule has 4 nitrogen and oxygen atoms in total. The summed E-state index contributed by atoms with van der Waals surface area (Å²) in [5, 5.41) is 37.5. The minimum Gasteiger partial charge on any atom is -0.307 e. The molecule has 0 aliphatic rings. The van der Waals surface area contributed by atoms with E-state index in [-0.39, 0.29) is 0 Å². The van der Waals surface area contributed by atoms with E-state index in [1.54, 1.807) is 0 Å². The average molecular weight is 653 g/mol. The van der Waals surface area contributed by atoms with Gasteiger partial charge in [0.05, 0.1) is 45.5 Å². The van der Waals surface area contributed by atoms with Gasteiger partial charge in [0.25, 0.3) is 0 Å². The number of hydrogen-bond acceptors (Lipinski definition) is 3. The van der Waals surface area contributed by atoms with E-state index in [9.17, 15) is 15.8 Å². The zero-order chi connectivity index (χ0) is 34.1. The van der Waals surface area contributed by atoms with Gasteiger partial charge in [-0.05, 0) is 68.8 Å². The lowest BCUT2D eigenvalue weighted by atomic mass is 9.98. The molecule has 232 valence electrons. The summed E-state index contributed by atoms with van der Waals surface area (Å²) in [5.41, 5.74) is 5.88. The van der Waals surface area contributed by atoms with E-state index in [0.717, 1.165) is 43.8 Å². The van der Waals surface area contributed by atoms with Crippen LogP contribution in [-0.4, -0.2) is 12.6 Å². The third kappa shape index (κ3) is 4.80. The number of benzene rings is 7. The van der Waals surface area contributed by atoms with Gasteiger partial charge in [0.2, 0.25) is 0 Å². The fourth-order valence-corrected chi connectivity index (χ4v) is 12.3. The summed E-state index contributed by atoms with van der Waals surface area (Å²) < 4.78 is 2.13. The van der Waals surface area contributed by atoms with Crippen molar-refractivity contribution in [1.82, 2.24) is 4.57 Å². The summed E-state index contributed by atoms with van der Waals surface area (Å²) in [4.78, 5) is 0. The van der Waals surface area contributed by atoms with E-state index in [4.69, 9.17) is 0 Å². The van der Waals surface area contributed by atoms with E-state index in [1.165, 1.54) is 15.6 Å². The van der Waals surface area contributed by atoms with E-state index in [2.05, 4.69) is 120 Å². The van der Waals surface area contributed by atoms with Gasteiger partial charge in [-0.15, -0.1) is 0 Å². The minimum absolute atomic E-state index is 0.510. The normalized spacial score (nSPS) is 11.1. The fourth-order valence-electron chi connectivity index (χ4n) is 7.52. The molecule has 0 amide bonds. The summed E-state index contributed by atoms with van der Waals surface area (Å²) in [5.74, 6) is 0. The van der Waals surface area contributed by atoms with E-state index < -0.39 is 8.07 Å². The number of para-hydroxylation sites is 2. The van der Waals surface area contributed by atoms with Crippen LogP contribution >= 0.6 is 0 Å². The quantitative estimate of drug-likeness (QED) is 0.138. The van der Waals surface area contributed by atoms with Crippen LogP contribution in [-0.2, 0) is 0 Å². The highest BCUT2D eigenvalue weighted by Gasteiger charge is 2.41. The van der Waals surface area contributed by atoms with Gasteiger partial charge in [-0.2, -0.15) is 15.8 Å². The zero-order valence-electron chi connectivity index (χ0n) is 27.0. The molecule has 0 bridgehead atoms. The van der Waals surface area contributed by atoms with Crippen LogP contribution in [0.25, 0.3) is 38.6 Å². The molecule has 0 aliphatic heterocycles. The van der Waals surface area contributed by atoms with Crippen LogP contribution in [0.1, 0.15) is 16.7 Å². The lowest BCUT2D eigenvalue weighted by molar-refractivity contribution is 1.17. The highest BCUT2D eigenvalue weighted by Crippen LogP contribution is 2.38. The molecule has 0 saturated heterocycles. The van der Waals surface area contributed by atoms with Crippen LogP contribution in [0.15, 0.2) is 170 Å². The summed E-state index contributed by atoms with van der Waals surface area (Å²) in [6, 6.07) is 64.9. The van der Waals surface area contributed by atoms with Gasteiger partial charge in [-0.1, -0.05) is 127 Å². The molecule has 0 fully saturated rings. The Kier molecular flexibility index (Phi) is 7.63. The summed E-state index contributed by atoms with van der Waals surface area (Å²) in [6.45, 7) is 0. The minimum atomic E-state index is -2.97. The van der Waals surface area contributed by atoms with Crippen LogP contribution in [0, 0.1) is 34.0 Å². The Morgan fingerprint density at radius 3 is 1.60 bits per heavy atom. The summed E-state index contributed by atoms with van der Waals surface area (Å²) in [7, 11) is -2.97. The molecule has 0 radical (unpaired) electrons. The predicted molar refractivity (Wildman–Crippen MR) is 204 cm³/mol. The molecule has 0 saturated carbocycles. The first-order chi connectivity index (χ1) is 24.7. The lowest BCUT2D eigenvalue weighted by Crippen LogP contribution is -2.74. The Morgan fingerprint density at radius 1 is 0.420 bits per heavy atom. The standard InChI is InChI=1S/C45H28N4Si/c46-29-32-23-24-44-42(27-32)41-20-10-11-22-43(41)49(44)45-34(31-48)13-12-21-40(45)35-25-33(30-47)26-39(28-35)50(36-14-4-1-5-15-36,37-16-6-2-7-17-37)38-18-8-3-9-19-38/h1-28H. The summed E-state index contributed by atoms with van der Waals surface area (Å²) >= 11 is 0. The summed E-state index contributed by atoms with van der Waals surface area (Å²) in [6.07, 6.45) is 0. The molecular weight excluding hydrogens is 625 g/mol. The Balaban J connectivity index is 1.49. The highest BCUT2D eigenvalue weighted by atomic mass is 28.3. The van der Waals surface area contributed by atoms with Gasteiger partial charge in [-0.3, -0.25) is 0 Å². The van der Waals surface area contributed by atoms with Crippen LogP contribution < -0.4 is 20.7 Å². The molecule has 0 spiro atoms. The number of hydrogen-bond donors (Lipinski definition) is 0. The molecule has 7 aromatic carbocycles. The maximum Gasteiger partial charge on any atom is 0.179 e. The van der Waals surface area contributed by atoms with E-state index >= 15 is 0 Å². The topological polar surface area (TPSA) is 76.3 Å². The van der Waals surface area contributed by atoms with Crippen LogP contribution in [0.4, 0.5) is 0 Å². The Hall–Kier alpha value is -6.97. The van der Waals surface area contributed by atoms with Gasteiger partial charge in [0.1, 0.15) is 6.07 Å². The molecule has 8 rings (SSSR count). The number of nitriles is 3. The van der Waals surface area contributed by atoms with Crippen molar-refractivity contribution in [3.8, 4) is 35.0 Å². The van der Waals surface area contributed by atoms with Crippen LogP contribution in [0.3, 0.4) is 0 Å². The predicted octanol–water partition coefficient (Wildman–Crippen LogP) is 7.44. The molecule has 5 heteroatoms. The van der Waals surface area contributed by atoms with E-state index in [0.29, 0.717) is 16.7 Å². The third-order valence-electron chi connectivity index (χ3n) is 9.61. The zero-order valence-corrected chi connectivity index (χ0v) is 28.0. The Bertz CT molecular complexity index is 2580. The maximum atomic E-state index is 10.6. The van der Waals surface area contributed by atoms with Crippen molar-refractivity contribution in [1.29, 1.82) is 15.8 Å². The van der Waals surface area contributed by atoms with Gasteiger partial charge >= 0.3 is 0 Å². The molecule has 0 aliphatic carbocycles. The molecule has 0 atom stereocenters. The van der Waals surface area contributed by atoms with Crippen LogP contribution in [0.5, 0.6) is 0 Å². The van der Waals surface area contributed by atoms with Gasteiger partial charge in [-0.25, -0.2) is 0 Å². The lowest BCUT2D eigenvalue weighted by Gasteiger charge is -2.35. The molecule has 1 heterocycles. The molecule has 50 heavy (non-hydrogen) atoms. The molecule has 0 unspecified atom stereocenters. The van der Waals surface area contributed by atoms with Crippen molar-refractivity contribution >= 4 is 50.6 Å². The monoisotopic (exact) mass is 652 g/mol. The van der Waals surface area contributed by atoms with Crippen molar-refractivity contribution in [2.45, 2.75) is 0 Å². The average Bonchev–Trinajstić information content (AvgIpc) is 3.52. The fraction of sp³-hybridized carbons (Fsp3) is 0. The van der Waals surface area contributed by atoms with E-state index in [1.807, 2.05) is 72.8 Å². The second kappa shape index (κ2) is 12.6. The molecule has 1 aromatic heterocycles. The number of rotatable bonds is 6. The van der Waals surface area contributed by atoms with Gasteiger partial charge in [0.15, 0.2) is 8.07 Å². The SMILES string of the molecule is N#Cc1cc(-c2cccc(C#N)c2-n2c3ccccc3c3cc(C#N)ccc32)cc([Si](c2ccccc2)(c2ccccc2)c2ccccc2)c1. The van der Waals surface area contributed by atoms with Gasteiger partial charge < -0.3 is 4.57 Å². The van der Waals surface area contributed by atoms with Crippen molar-refractivity contribution in [2.24, 2.45) is 0 Å². The number of fused-ring (bicyclic) bond motifs is 3. The molecule has 8 aromatic rings. The van der Waals surface area contributed by atoms with Gasteiger partial charge in [0, 0.05) is 16.3 Å². The second-order valence-electron chi connectivity index (χ2n) is 12.3. The largest absolute Gasteiger partial charge is 0.307 e. The first kappa shape index (κ1) is 30.4. The second-order valence-corrected chi connectivity index (χ2v) is 16.1. The molecular formula is C45H28N4Si.